The van der Waals surface area contributed by atoms with Crippen LogP contribution >= 0.6 is 0 Å². The third kappa shape index (κ3) is 3.15. The first-order valence-electron chi connectivity index (χ1n) is 5.66. The molecule has 1 unspecified atom stereocenters. The Morgan fingerprint density at radius 1 is 1.35 bits per heavy atom. The molecule has 2 aromatic rings. The number of hydrogen-bond acceptors (Lipinski definition) is 3. The van der Waals surface area contributed by atoms with Crippen molar-refractivity contribution in [2.45, 2.75) is 19.6 Å². The van der Waals surface area contributed by atoms with Crippen LogP contribution in [0.4, 0.5) is 0 Å². The smallest absolute Gasteiger partial charge is 0.127 e. The topological polar surface area (TPSA) is 39.1 Å². The average Bonchev–Trinajstić information content (AvgIpc) is 2.77. The molecule has 1 aromatic carbocycles. The Kier molecular flexibility index (Phi) is 3.90. The minimum absolute atomic E-state index is 0.0683. The monoisotopic (exact) mass is 231 g/mol. The highest BCUT2D eigenvalue weighted by molar-refractivity contribution is 5.13. The molecule has 1 heterocycles. The summed E-state index contributed by atoms with van der Waals surface area (Å²) < 4.78 is 1.98. The van der Waals surface area contributed by atoms with Gasteiger partial charge in [0.05, 0.1) is 12.6 Å². The standard InChI is InChI=1S/C13H17N3O/c1-11(13-14-8-9-16(13)2)15-17-10-12-6-4-3-5-7-12/h3-9,11,15H,10H2,1-2H3. The molecule has 0 saturated heterocycles. The van der Waals surface area contributed by atoms with Crippen LogP contribution in [0.15, 0.2) is 42.7 Å². The summed E-state index contributed by atoms with van der Waals surface area (Å²) in [5.74, 6) is 0.957. The van der Waals surface area contributed by atoms with Gasteiger partial charge in [-0.25, -0.2) is 4.98 Å². The summed E-state index contributed by atoms with van der Waals surface area (Å²) in [4.78, 5) is 9.72. The second-order valence-corrected chi connectivity index (χ2v) is 4.01. The van der Waals surface area contributed by atoms with E-state index in [1.165, 1.54) is 0 Å². The number of nitrogens with zero attached hydrogens (tertiary/aromatic N) is 2. The molecule has 0 radical (unpaired) electrons. The van der Waals surface area contributed by atoms with Gasteiger partial charge in [-0.15, -0.1) is 0 Å². The zero-order valence-corrected chi connectivity index (χ0v) is 10.1. The third-order valence-corrected chi connectivity index (χ3v) is 2.59. The molecule has 2 rings (SSSR count). The van der Waals surface area contributed by atoms with Gasteiger partial charge >= 0.3 is 0 Å². The van der Waals surface area contributed by atoms with Crippen LogP contribution in [0.3, 0.4) is 0 Å². The summed E-state index contributed by atoms with van der Waals surface area (Å²) in [6.45, 7) is 2.57. The van der Waals surface area contributed by atoms with E-state index in [4.69, 9.17) is 4.84 Å². The summed E-state index contributed by atoms with van der Waals surface area (Å²) in [5.41, 5.74) is 4.14. The van der Waals surface area contributed by atoms with Gasteiger partial charge in [0.25, 0.3) is 0 Å². The normalized spacial score (nSPS) is 12.6. The van der Waals surface area contributed by atoms with Gasteiger partial charge in [0.2, 0.25) is 0 Å². The number of hydroxylamine groups is 1. The van der Waals surface area contributed by atoms with E-state index in [0.29, 0.717) is 6.61 Å². The molecule has 0 aliphatic heterocycles. The zero-order valence-electron chi connectivity index (χ0n) is 10.1. The molecule has 0 fully saturated rings. The van der Waals surface area contributed by atoms with Gasteiger partial charge < -0.3 is 4.57 Å². The largest absolute Gasteiger partial charge is 0.337 e. The van der Waals surface area contributed by atoms with Crippen molar-refractivity contribution in [2.75, 3.05) is 0 Å². The van der Waals surface area contributed by atoms with Crippen molar-refractivity contribution >= 4 is 0 Å². The van der Waals surface area contributed by atoms with Crippen molar-refractivity contribution in [3.63, 3.8) is 0 Å². The maximum absolute atomic E-state index is 5.46. The predicted molar refractivity (Wildman–Crippen MR) is 66.0 cm³/mol. The molecule has 0 saturated carbocycles. The number of hydrogen-bond donors (Lipinski definition) is 1. The second-order valence-electron chi connectivity index (χ2n) is 4.01. The molecule has 1 aromatic heterocycles. The molecule has 1 atom stereocenters. The summed E-state index contributed by atoms with van der Waals surface area (Å²) in [7, 11) is 1.97. The molecule has 4 nitrogen and oxygen atoms in total. The first kappa shape index (κ1) is 11.8. The summed E-state index contributed by atoms with van der Waals surface area (Å²) >= 11 is 0. The quantitative estimate of drug-likeness (QED) is 0.802. The number of nitrogens with one attached hydrogen (secondary N) is 1. The minimum atomic E-state index is 0.0683. The van der Waals surface area contributed by atoms with Crippen molar-refractivity contribution in [1.29, 1.82) is 0 Å². The lowest BCUT2D eigenvalue weighted by Crippen LogP contribution is -2.21. The van der Waals surface area contributed by atoms with Crippen molar-refractivity contribution in [3.8, 4) is 0 Å². The summed E-state index contributed by atoms with van der Waals surface area (Å²) in [5, 5.41) is 0. The Morgan fingerprint density at radius 2 is 2.12 bits per heavy atom. The van der Waals surface area contributed by atoms with Crippen LogP contribution in [0.2, 0.25) is 0 Å². The molecular formula is C13H17N3O. The van der Waals surface area contributed by atoms with Gasteiger partial charge in [0, 0.05) is 19.4 Å². The van der Waals surface area contributed by atoms with Gasteiger partial charge in [0.15, 0.2) is 0 Å². The van der Waals surface area contributed by atoms with Crippen molar-refractivity contribution in [1.82, 2.24) is 15.0 Å². The van der Waals surface area contributed by atoms with Gasteiger partial charge in [-0.05, 0) is 12.5 Å². The maximum Gasteiger partial charge on any atom is 0.127 e. The summed E-state index contributed by atoms with van der Waals surface area (Å²) in [6.07, 6.45) is 3.70. The van der Waals surface area contributed by atoms with Crippen molar-refractivity contribution in [2.24, 2.45) is 7.05 Å². The lowest BCUT2D eigenvalue weighted by Gasteiger charge is -2.13. The third-order valence-electron chi connectivity index (χ3n) is 2.59. The Bertz CT molecular complexity index is 453. The van der Waals surface area contributed by atoms with Crippen molar-refractivity contribution < 1.29 is 4.84 Å². The molecule has 0 aliphatic carbocycles. The number of rotatable bonds is 5. The van der Waals surface area contributed by atoms with Crippen LogP contribution in [0.25, 0.3) is 0 Å². The van der Waals surface area contributed by atoms with Crippen LogP contribution in [0.5, 0.6) is 0 Å². The zero-order chi connectivity index (χ0) is 12.1. The minimum Gasteiger partial charge on any atom is -0.337 e. The van der Waals surface area contributed by atoms with Crippen molar-refractivity contribution in [3.05, 3.63) is 54.1 Å². The molecule has 4 heteroatoms. The van der Waals surface area contributed by atoms with E-state index < -0.39 is 0 Å². The van der Waals surface area contributed by atoms with Gasteiger partial charge in [0.1, 0.15) is 5.82 Å². The summed E-state index contributed by atoms with van der Waals surface area (Å²) in [6, 6.07) is 10.1. The van der Waals surface area contributed by atoms with Crippen LogP contribution in [-0.4, -0.2) is 9.55 Å². The molecule has 0 bridgehead atoms. The van der Waals surface area contributed by atoms with E-state index in [9.17, 15) is 0 Å². The number of benzene rings is 1. The van der Waals surface area contributed by atoms with Gasteiger partial charge in [-0.3, -0.25) is 4.84 Å². The Morgan fingerprint density at radius 3 is 2.76 bits per heavy atom. The van der Waals surface area contributed by atoms with E-state index in [-0.39, 0.29) is 6.04 Å². The fourth-order valence-electron chi connectivity index (χ4n) is 1.67. The average molecular weight is 231 g/mol. The predicted octanol–water partition coefficient (Wildman–Crippen LogP) is 2.20. The van der Waals surface area contributed by atoms with Crippen LogP contribution < -0.4 is 5.48 Å². The van der Waals surface area contributed by atoms with Crippen LogP contribution in [0.1, 0.15) is 24.4 Å². The number of aryl methyl sites for hydroxylation is 1. The van der Waals surface area contributed by atoms with E-state index in [1.54, 1.807) is 6.20 Å². The lowest BCUT2D eigenvalue weighted by molar-refractivity contribution is 0.00465. The Labute approximate surface area is 101 Å². The Hall–Kier alpha value is -1.65. The Balaban J connectivity index is 1.81. The van der Waals surface area contributed by atoms with Crippen LogP contribution in [-0.2, 0) is 18.5 Å². The molecule has 0 aliphatic rings. The first-order chi connectivity index (χ1) is 8.27. The highest BCUT2D eigenvalue weighted by atomic mass is 16.6. The van der Waals surface area contributed by atoms with Gasteiger partial charge in [-0.1, -0.05) is 30.3 Å². The van der Waals surface area contributed by atoms with E-state index in [0.717, 1.165) is 11.4 Å². The van der Waals surface area contributed by atoms with E-state index in [1.807, 2.05) is 55.1 Å². The lowest BCUT2D eigenvalue weighted by atomic mass is 10.2. The molecule has 0 amide bonds. The fourth-order valence-corrected chi connectivity index (χ4v) is 1.67. The molecule has 90 valence electrons. The maximum atomic E-state index is 5.46. The van der Waals surface area contributed by atoms with E-state index >= 15 is 0 Å². The van der Waals surface area contributed by atoms with Crippen LogP contribution in [0, 0.1) is 0 Å². The highest BCUT2D eigenvalue weighted by Crippen LogP contribution is 2.08. The van der Waals surface area contributed by atoms with E-state index in [2.05, 4.69) is 10.5 Å². The first-order valence-corrected chi connectivity index (χ1v) is 5.66. The number of imidazole rings is 1. The second kappa shape index (κ2) is 5.61. The van der Waals surface area contributed by atoms with Gasteiger partial charge in [-0.2, -0.15) is 5.48 Å². The molecule has 0 spiro atoms. The molecular weight excluding hydrogens is 214 g/mol. The molecule has 1 N–H and O–H groups in total. The highest BCUT2D eigenvalue weighted by Gasteiger charge is 2.09. The number of aromatic nitrogens is 2. The molecule has 17 heavy (non-hydrogen) atoms. The fraction of sp³-hybridized carbons (Fsp3) is 0.308. The SMILES string of the molecule is CC(NOCc1ccccc1)c1nccn1C.